The molecule has 23 heavy (non-hydrogen) atoms. The normalized spacial score (nSPS) is 11.3. The summed E-state index contributed by atoms with van der Waals surface area (Å²) < 4.78 is 5.79. The second-order valence-electron chi connectivity index (χ2n) is 5.26. The van der Waals surface area contributed by atoms with Crippen LogP contribution < -0.4 is 4.74 Å². The molecule has 2 rings (SSSR count). The molecule has 1 aromatic carbocycles. The maximum absolute atomic E-state index is 10.9. The Kier molecular flexibility index (Phi) is 5.01. The lowest BCUT2D eigenvalue weighted by Crippen LogP contribution is -1.97. The largest absolute Gasteiger partial charge is 0.506 e. The molecule has 0 bridgehead atoms. The van der Waals surface area contributed by atoms with E-state index in [-0.39, 0.29) is 5.75 Å². The number of pyridine rings is 1. The average Bonchev–Trinajstić information content (AvgIpc) is 2.50. The molecule has 5 heteroatoms. The van der Waals surface area contributed by atoms with E-state index in [2.05, 4.69) is 4.98 Å². The maximum atomic E-state index is 10.9. The fourth-order valence-corrected chi connectivity index (χ4v) is 2.37. The van der Waals surface area contributed by atoms with Crippen molar-refractivity contribution in [3.8, 4) is 17.4 Å². The minimum absolute atomic E-state index is 0.0764. The quantitative estimate of drug-likeness (QED) is 0.813. The molecule has 1 heterocycles. The second-order valence-corrected chi connectivity index (χ2v) is 5.26. The number of aromatic nitrogens is 1. The van der Waals surface area contributed by atoms with Gasteiger partial charge in [0, 0.05) is 12.1 Å². The van der Waals surface area contributed by atoms with Crippen LogP contribution in [-0.2, 0) is 4.79 Å². The molecule has 0 saturated carbocycles. The van der Waals surface area contributed by atoms with Crippen LogP contribution in [0, 0.1) is 13.8 Å². The fourth-order valence-electron chi connectivity index (χ4n) is 2.37. The molecular weight excluding hydrogens is 294 g/mol. The number of aryl methyl sites for hydroxylation is 2. The van der Waals surface area contributed by atoms with Crippen LogP contribution in [-0.4, -0.2) is 21.2 Å². The van der Waals surface area contributed by atoms with Gasteiger partial charge in [0.15, 0.2) is 0 Å². The Bertz CT molecular complexity index is 725. The predicted octanol–water partition coefficient (Wildman–Crippen LogP) is 4.07. The Hall–Kier alpha value is -2.82. The van der Waals surface area contributed by atoms with E-state index in [9.17, 15) is 9.90 Å². The van der Waals surface area contributed by atoms with Crippen molar-refractivity contribution < 1.29 is 19.7 Å². The van der Waals surface area contributed by atoms with E-state index in [0.717, 1.165) is 22.3 Å². The van der Waals surface area contributed by atoms with Crippen molar-refractivity contribution in [1.29, 1.82) is 0 Å². The molecule has 0 radical (unpaired) electrons. The van der Waals surface area contributed by atoms with Gasteiger partial charge < -0.3 is 14.9 Å². The number of rotatable bonds is 5. The van der Waals surface area contributed by atoms with Crippen LogP contribution in [0.5, 0.6) is 17.4 Å². The van der Waals surface area contributed by atoms with Crippen LogP contribution in [0.1, 0.15) is 30.0 Å². The molecule has 0 atom stereocenters. The first-order valence-corrected chi connectivity index (χ1v) is 7.28. The molecular formula is C18H19NO4. The lowest BCUT2D eigenvalue weighted by Gasteiger charge is -2.14. The highest BCUT2D eigenvalue weighted by atomic mass is 16.5. The van der Waals surface area contributed by atoms with Crippen LogP contribution in [0.15, 0.2) is 36.5 Å². The zero-order chi connectivity index (χ0) is 17.0. The third kappa shape index (κ3) is 4.10. The Morgan fingerprint density at radius 2 is 1.91 bits per heavy atom. The minimum atomic E-state index is -0.953. The first-order chi connectivity index (χ1) is 10.9. The van der Waals surface area contributed by atoms with E-state index in [0.29, 0.717) is 18.1 Å². The molecule has 5 nitrogen and oxygen atoms in total. The molecule has 0 spiro atoms. The van der Waals surface area contributed by atoms with Crippen molar-refractivity contribution in [2.45, 2.75) is 27.2 Å². The van der Waals surface area contributed by atoms with Crippen molar-refractivity contribution in [2.24, 2.45) is 0 Å². The van der Waals surface area contributed by atoms with Gasteiger partial charge in [-0.15, -0.1) is 0 Å². The van der Waals surface area contributed by atoms with Crippen molar-refractivity contribution in [3.05, 3.63) is 53.2 Å². The Morgan fingerprint density at radius 3 is 2.39 bits per heavy atom. The van der Waals surface area contributed by atoms with Crippen molar-refractivity contribution in [1.82, 2.24) is 4.98 Å². The number of carboxylic acid groups (broad SMARTS) is 1. The number of aromatic hydroxyl groups is 1. The highest BCUT2D eigenvalue weighted by Gasteiger charge is 2.11. The van der Waals surface area contributed by atoms with Crippen molar-refractivity contribution in [2.75, 3.05) is 0 Å². The molecule has 0 saturated heterocycles. The monoisotopic (exact) mass is 313 g/mol. The standard InChI is InChI=1S/C18H19NO4/c1-4-13(9-17(21)22)14-7-11(2)18(12(3)8-14)23-16-6-5-15(20)10-19-16/h5-10,20H,4H2,1-3H3,(H,21,22)/b13-9+. The number of carbonyl (C=O) groups is 1. The maximum Gasteiger partial charge on any atom is 0.328 e. The van der Waals surface area contributed by atoms with Crippen LogP contribution in [0.2, 0.25) is 0 Å². The number of ether oxygens (including phenoxy) is 1. The van der Waals surface area contributed by atoms with E-state index >= 15 is 0 Å². The minimum Gasteiger partial charge on any atom is -0.506 e. The van der Waals surface area contributed by atoms with E-state index in [1.807, 2.05) is 32.9 Å². The van der Waals surface area contributed by atoms with E-state index in [1.165, 1.54) is 18.3 Å². The summed E-state index contributed by atoms with van der Waals surface area (Å²) in [5.41, 5.74) is 3.41. The van der Waals surface area contributed by atoms with Crippen molar-refractivity contribution in [3.63, 3.8) is 0 Å². The summed E-state index contributed by atoms with van der Waals surface area (Å²) in [6.07, 6.45) is 3.18. The topological polar surface area (TPSA) is 79.7 Å². The molecule has 0 aliphatic carbocycles. The highest BCUT2D eigenvalue weighted by Crippen LogP contribution is 2.32. The number of aliphatic carboxylic acids is 1. The molecule has 120 valence electrons. The van der Waals surface area contributed by atoms with Crippen LogP contribution >= 0.6 is 0 Å². The van der Waals surface area contributed by atoms with Gasteiger partial charge in [-0.25, -0.2) is 9.78 Å². The zero-order valence-corrected chi connectivity index (χ0v) is 13.3. The van der Waals surface area contributed by atoms with E-state index in [1.54, 1.807) is 6.07 Å². The summed E-state index contributed by atoms with van der Waals surface area (Å²) in [4.78, 5) is 14.9. The fraction of sp³-hybridized carbons (Fsp3) is 0.222. The Morgan fingerprint density at radius 1 is 1.26 bits per heavy atom. The number of hydrogen-bond acceptors (Lipinski definition) is 4. The zero-order valence-electron chi connectivity index (χ0n) is 13.3. The molecule has 0 unspecified atom stereocenters. The van der Waals surface area contributed by atoms with Crippen LogP contribution in [0.4, 0.5) is 0 Å². The molecule has 0 aliphatic heterocycles. The van der Waals surface area contributed by atoms with Gasteiger partial charge in [0.2, 0.25) is 5.88 Å². The molecule has 0 aliphatic rings. The van der Waals surface area contributed by atoms with Gasteiger partial charge in [-0.3, -0.25) is 0 Å². The van der Waals surface area contributed by atoms with Gasteiger partial charge in [0.25, 0.3) is 0 Å². The highest BCUT2D eigenvalue weighted by molar-refractivity contribution is 5.90. The molecule has 2 aromatic rings. The summed E-state index contributed by atoms with van der Waals surface area (Å²) in [5.74, 6) is 0.189. The summed E-state index contributed by atoms with van der Waals surface area (Å²) in [7, 11) is 0. The van der Waals surface area contributed by atoms with Gasteiger partial charge in [-0.1, -0.05) is 6.92 Å². The summed E-state index contributed by atoms with van der Waals surface area (Å²) >= 11 is 0. The van der Waals surface area contributed by atoms with Crippen molar-refractivity contribution >= 4 is 11.5 Å². The molecule has 0 fully saturated rings. The predicted molar refractivity (Wildman–Crippen MR) is 87.8 cm³/mol. The lowest BCUT2D eigenvalue weighted by atomic mass is 9.98. The van der Waals surface area contributed by atoms with Gasteiger partial charge in [-0.05, 0) is 60.7 Å². The van der Waals surface area contributed by atoms with Gasteiger partial charge in [0.05, 0.1) is 6.20 Å². The van der Waals surface area contributed by atoms with Crippen LogP contribution in [0.25, 0.3) is 5.57 Å². The molecule has 2 N–H and O–H groups in total. The smallest absolute Gasteiger partial charge is 0.328 e. The third-order valence-corrected chi connectivity index (χ3v) is 3.44. The molecule has 1 aromatic heterocycles. The second kappa shape index (κ2) is 6.96. The first kappa shape index (κ1) is 16.5. The average molecular weight is 313 g/mol. The summed E-state index contributed by atoms with van der Waals surface area (Å²) in [6.45, 7) is 5.73. The Balaban J connectivity index is 2.37. The van der Waals surface area contributed by atoms with Gasteiger partial charge in [-0.2, -0.15) is 0 Å². The number of hydrogen-bond donors (Lipinski definition) is 2. The lowest BCUT2D eigenvalue weighted by molar-refractivity contribution is -0.131. The van der Waals surface area contributed by atoms with Gasteiger partial charge >= 0.3 is 5.97 Å². The van der Waals surface area contributed by atoms with Crippen LogP contribution in [0.3, 0.4) is 0 Å². The summed E-state index contributed by atoms with van der Waals surface area (Å²) in [5, 5.41) is 18.2. The summed E-state index contributed by atoms with van der Waals surface area (Å²) in [6, 6.07) is 6.90. The number of nitrogens with zero attached hydrogens (tertiary/aromatic N) is 1. The number of allylic oxidation sites excluding steroid dienone is 1. The SMILES string of the molecule is CC/C(=C\C(=O)O)c1cc(C)c(Oc2ccc(O)cn2)c(C)c1. The van der Waals surface area contributed by atoms with E-state index < -0.39 is 5.97 Å². The molecule has 0 amide bonds. The number of carboxylic acids is 1. The number of benzene rings is 1. The van der Waals surface area contributed by atoms with E-state index in [4.69, 9.17) is 9.84 Å². The third-order valence-electron chi connectivity index (χ3n) is 3.44. The first-order valence-electron chi connectivity index (χ1n) is 7.28. The Labute approximate surface area is 134 Å². The van der Waals surface area contributed by atoms with Gasteiger partial charge in [0.1, 0.15) is 11.5 Å².